The van der Waals surface area contributed by atoms with Crippen molar-refractivity contribution in [1.82, 2.24) is 15.5 Å². The van der Waals surface area contributed by atoms with Gasteiger partial charge in [-0.05, 0) is 94.6 Å². The second-order valence-electron chi connectivity index (χ2n) is 10.8. The molecule has 2 heterocycles. The van der Waals surface area contributed by atoms with Crippen LogP contribution in [0.5, 0.6) is 17.2 Å². The lowest BCUT2D eigenvalue weighted by molar-refractivity contribution is -0.123. The van der Waals surface area contributed by atoms with Crippen molar-refractivity contribution >= 4 is 11.8 Å². The monoisotopic (exact) mass is 553 g/mol. The molecule has 2 amide bonds. The van der Waals surface area contributed by atoms with Crippen LogP contribution in [0.25, 0.3) is 0 Å². The number of likely N-dealkylation sites (tertiary alicyclic amines) is 1. The van der Waals surface area contributed by atoms with Gasteiger partial charge in [-0.25, -0.2) is 0 Å². The smallest absolute Gasteiger partial charge is 0.251 e. The van der Waals surface area contributed by atoms with Gasteiger partial charge in [-0.15, -0.1) is 0 Å². The van der Waals surface area contributed by atoms with Crippen molar-refractivity contribution in [3.8, 4) is 17.2 Å². The van der Waals surface area contributed by atoms with Crippen molar-refractivity contribution in [1.29, 1.82) is 0 Å². The molecule has 0 bridgehead atoms. The standard InChI is InChI=1S/C31H43N3O6/c1-22(2)40-25-12-9-23(10-13-25)31(37)32-15-5-3-4-8-29(35)33-26(21-34-16-6-7-17-34)30(36)24-11-14-27-28(20-24)39-19-18-38-27/h9-14,20,22,26,30,36H,3-8,15-19,21H2,1-2H3,(H,32,37)(H,33,35)/t26-,30-/m1/s1. The van der Waals surface area contributed by atoms with E-state index in [4.69, 9.17) is 14.2 Å². The molecule has 1 saturated heterocycles. The quantitative estimate of drug-likeness (QED) is 0.305. The first-order valence-electron chi connectivity index (χ1n) is 14.5. The van der Waals surface area contributed by atoms with Gasteiger partial charge in [0.2, 0.25) is 5.91 Å². The fourth-order valence-electron chi connectivity index (χ4n) is 5.07. The first-order chi connectivity index (χ1) is 19.4. The molecule has 2 aliphatic heterocycles. The van der Waals surface area contributed by atoms with E-state index in [1.807, 2.05) is 32.0 Å². The summed E-state index contributed by atoms with van der Waals surface area (Å²) in [6.45, 7) is 8.00. The first kappa shape index (κ1) is 29.7. The fourth-order valence-corrected chi connectivity index (χ4v) is 5.07. The second kappa shape index (κ2) is 14.9. The Morgan fingerprint density at radius 2 is 1.70 bits per heavy atom. The number of carbonyl (C=O) groups excluding carboxylic acids is 2. The Balaban J connectivity index is 1.20. The molecule has 0 spiro atoms. The molecule has 0 saturated carbocycles. The van der Waals surface area contributed by atoms with Crippen LogP contribution in [0.15, 0.2) is 42.5 Å². The average Bonchev–Trinajstić information content (AvgIpc) is 3.47. The minimum absolute atomic E-state index is 0.0754. The van der Waals surface area contributed by atoms with Gasteiger partial charge in [-0.2, -0.15) is 0 Å². The van der Waals surface area contributed by atoms with Crippen molar-refractivity contribution < 1.29 is 28.9 Å². The van der Waals surface area contributed by atoms with Crippen molar-refractivity contribution in [3.63, 3.8) is 0 Å². The van der Waals surface area contributed by atoms with E-state index in [0.717, 1.165) is 44.5 Å². The fraction of sp³-hybridized carbons (Fsp3) is 0.548. The SMILES string of the molecule is CC(C)Oc1ccc(C(=O)NCCCCCC(=O)N[C@H](CN2CCCC2)[C@H](O)c2ccc3c(c2)OCCO3)cc1. The van der Waals surface area contributed by atoms with Gasteiger partial charge in [-0.1, -0.05) is 12.5 Å². The number of carbonyl (C=O) groups is 2. The Bertz CT molecular complexity index is 1100. The van der Waals surface area contributed by atoms with Crippen LogP contribution in [0.3, 0.4) is 0 Å². The van der Waals surface area contributed by atoms with Gasteiger partial charge in [0.25, 0.3) is 5.91 Å². The van der Waals surface area contributed by atoms with Crippen LogP contribution < -0.4 is 24.8 Å². The highest BCUT2D eigenvalue weighted by atomic mass is 16.6. The van der Waals surface area contributed by atoms with E-state index in [9.17, 15) is 14.7 Å². The lowest BCUT2D eigenvalue weighted by Gasteiger charge is -2.29. The van der Waals surface area contributed by atoms with Crippen LogP contribution >= 0.6 is 0 Å². The van der Waals surface area contributed by atoms with Crippen LogP contribution in [0, 0.1) is 0 Å². The number of aliphatic hydroxyl groups is 1. The predicted octanol–water partition coefficient (Wildman–Crippen LogP) is 3.85. The lowest BCUT2D eigenvalue weighted by Crippen LogP contribution is -2.46. The maximum Gasteiger partial charge on any atom is 0.251 e. The topological polar surface area (TPSA) is 109 Å². The van der Waals surface area contributed by atoms with E-state index in [-0.39, 0.29) is 17.9 Å². The number of aliphatic hydroxyl groups excluding tert-OH is 1. The number of rotatable bonds is 14. The Hall–Kier alpha value is -3.30. The molecule has 9 heteroatoms. The summed E-state index contributed by atoms with van der Waals surface area (Å²) in [4.78, 5) is 27.5. The lowest BCUT2D eigenvalue weighted by atomic mass is 10.0. The van der Waals surface area contributed by atoms with Gasteiger partial charge >= 0.3 is 0 Å². The Labute approximate surface area is 237 Å². The van der Waals surface area contributed by atoms with Crippen LogP contribution in [-0.4, -0.2) is 73.4 Å². The van der Waals surface area contributed by atoms with Gasteiger partial charge in [0, 0.05) is 25.1 Å². The molecule has 40 heavy (non-hydrogen) atoms. The average molecular weight is 554 g/mol. The van der Waals surface area contributed by atoms with Gasteiger partial charge in [-0.3, -0.25) is 9.59 Å². The molecular weight excluding hydrogens is 510 g/mol. The van der Waals surface area contributed by atoms with Crippen LogP contribution in [0.2, 0.25) is 0 Å². The highest BCUT2D eigenvalue weighted by Crippen LogP contribution is 2.33. The summed E-state index contributed by atoms with van der Waals surface area (Å²) < 4.78 is 16.9. The molecule has 2 atom stereocenters. The van der Waals surface area contributed by atoms with Gasteiger partial charge in [0.05, 0.1) is 12.1 Å². The molecule has 1 fully saturated rings. The number of nitrogens with one attached hydrogen (secondary N) is 2. The van der Waals surface area contributed by atoms with Crippen molar-refractivity contribution in [2.45, 2.75) is 70.6 Å². The molecule has 9 nitrogen and oxygen atoms in total. The van der Waals surface area contributed by atoms with E-state index >= 15 is 0 Å². The minimum atomic E-state index is -0.860. The van der Waals surface area contributed by atoms with E-state index in [2.05, 4.69) is 15.5 Å². The molecule has 0 aromatic heterocycles. The van der Waals surface area contributed by atoms with E-state index < -0.39 is 12.1 Å². The van der Waals surface area contributed by atoms with Crippen molar-refractivity contribution in [2.24, 2.45) is 0 Å². The summed E-state index contributed by atoms with van der Waals surface area (Å²) >= 11 is 0. The largest absolute Gasteiger partial charge is 0.491 e. The number of hydrogen-bond donors (Lipinski definition) is 3. The van der Waals surface area contributed by atoms with E-state index in [1.165, 1.54) is 0 Å². The van der Waals surface area contributed by atoms with E-state index in [0.29, 0.717) is 61.8 Å². The summed E-state index contributed by atoms with van der Waals surface area (Å²) in [6, 6.07) is 12.2. The molecule has 0 aliphatic carbocycles. The minimum Gasteiger partial charge on any atom is -0.491 e. The first-order valence-corrected chi connectivity index (χ1v) is 14.5. The summed E-state index contributed by atoms with van der Waals surface area (Å²) in [7, 11) is 0. The third-order valence-electron chi connectivity index (χ3n) is 7.14. The normalized spacial score (nSPS) is 16.4. The molecule has 0 radical (unpaired) electrons. The molecule has 218 valence electrons. The third-order valence-corrected chi connectivity index (χ3v) is 7.14. The molecular formula is C31H43N3O6. The molecule has 0 unspecified atom stereocenters. The Morgan fingerprint density at radius 1 is 0.975 bits per heavy atom. The molecule has 2 aromatic rings. The zero-order valence-electron chi connectivity index (χ0n) is 23.7. The molecule has 2 aromatic carbocycles. The molecule has 3 N–H and O–H groups in total. The molecule has 4 rings (SSSR count). The number of benzene rings is 2. The number of nitrogens with zero attached hydrogens (tertiary/aromatic N) is 1. The van der Waals surface area contributed by atoms with Crippen LogP contribution in [-0.2, 0) is 4.79 Å². The maximum absolute atomic E-state index is 12.9. The maximum atomic E-state index is 12.9. The number of amides is 2. The Kier molecular flexibility index (Phi) is 11.1. The van der Waals surface area contributed by atoms with Gasteiger partial charge < -0.3 is 34.9 Å². The summed E-state index contributed by atoms with van der Waals surface area (Å²) in [5.74, 6) is 1.84. The summed E-state index contributed by atoms with van der Waals surface area (Å²) in [5, 5.41) is 17.3. The number of hydrogen-bond acceptors (Lipinski definition) is 7. The predicted molar refractivity (Wildman–Crippen MR) is 153 cm³/mol. The zero-order valence-corrected chi connectivity index (χ0v) is 23.7. The van der Waals surface area contributed by atoms with Crippen molar-refractivity contribution in [2.75, 3.05) is 39.4 Å². The van der Waals surface area contributed by atoms with E-state index in [1.54, 1.807) is 24.3 Å². The van der Waals surface area contributed by atoms with Crippen LogP contribution in [0.4, 0.5) is 0 Å². The summed E-state index contributed by atoms with van der Waals surface area (Å²) in [5.41, 5.74) is 1.29. The third kappa shape index (κ3) is 8.86. The van der Waals surface area contributed by atoms with Gasteiger partial charge in [0.1, 0.15) is 25.1 Å². The number of unbranched alkanes of at least 4 members (excludes halogenated alkanes) is 2. The van der Waals surface area contributed by atoms with Crippen molar-refractivity contribution in [3.05, 3.63) is 53.6 Å². The van der Waals surface area contributed by atoms with Crippen LogP contribution in [0.1, 0.15) is 74.4 Å². The zero-order chi connectivity index (χ0) is 28.3. The number of fused-ring (bicyclic) bond motifs is 1. The second-order valence-corrected chi connectivity index (χ2v) is 10.8. The summed E-state index contributed by atoms with van der Waals surface area (Å²) in [6.07, 6.45) is 4.17. The highest BCUT2D eigenvalue weighted by Gasteiger charge is 2.27. The number of ether oxygens (including phenoxy) is 3. The van der Waals surface area contributed by atoms with Gasteiger partial charge in [0.15, 0.2) is 11.5 Å². The molecule has 2 aliphatic rings. The Morgan fingerprint density at radius 3 is 2.42 bits per heavy atom. The highest BCUT2D eigenvalue weighted by molar-refractivity contribution is 5.94.